The molecule has 1 aliphatic heterocycles. The van der Waals surface area contributed by atoms with Crippen LogP contribution in [0.2, 0.25) is 0 Å². The molecule has 29 heavy (non-hydrogen) atoms. The number of carbonyl (C=O) groups excluding carboxylic acids is 3. The Kier molecular flexibility index (Phi) is 8.05. The van der Waals surface area contributed by atoms with Crippen molar-refractivity contribution in [3.8, 4) is 0 Å². The van der Waals surface area contributed by atoms with E-state index in [0.29, 0.717) is 31.8 Å². The molecule has 1 aliphatic rings. The van der Waals surface area contributed by atoms with Crippen LogP contribution in [0.15, 0.2) is 24.3 Å². The average molecular weight is 404 g/mol. The van der Waals surface area contributed by atoms with E-state index in [0.717, 1.165) is 24.8 Å². The third kappa shape index (κ3) is 7.40. The van der Waals surface area contributed by atoms with Gasteiger partial charge in [-0.2, -0.15) is 0 Å². The Bertz CT molecular complexity index is 689. The lowest BCUT2D eigenvalue weighted by Gasteiger charge is -2.33. The van der Waals surface area contributed by atoms with Crippen molar-refractivity contribution in [1.82, 2.24) is 10.2 Å². The first kappa shape index (κ1) is 22.7. The summed E-state index contributed by atoms with van der Waals surface area (Å²) < 4.78 is 5.45. The van der Waals surface area contributed by atoms with E-state index in [1.54, 1.807) is 11.9 Å². The molecule has 0 radical (unpaired) electrons. The van der Waals surface area contributed by atoms with Gasteiger partial charge in [-0.3, -0.25) is 4.79 Å². The lowest BCUT2D eigenvalue weighted by atomic mass is 9.89. The van der Waals surface area contributed by atoms with Crippen LogP contribution in [0, 0.1) is 0 Å². The van der Waals surface area contributed by atoms with Crippen molar-refractivity contribution < 1.29 is 19.1 Å². The van der Waals surface area contributed by atoms with Gasteiger partial charge >= 0.3 is 6.09 Å². The second-order valence-corrected chi connectivity index (χ2v) is 8.46. The molecule has 1 heterocycles. The summed E-state index contributed by atoms with van der Waals surface area (Å²) >= 11 is 0. The molecule has 160 valence electrons. The smallest absolute Gasteiger partial charge is 0.410 e. The highest BCUT2D eigenvalue weighted by Gasteiger charge is 2.27. The van der Waals surface area contributed by atoms with Crippen LogP contribution in [0.5, 0.6) is 0 Å². The Morgan fingerprint density at radius 2 is 1.83 bits per heavy atom. The van der Waals surface area contributed by atoms with Crippen LogP contribution in [0.4, 0.5) is 10.5 Å². The number of ether oxygens (including phenoxy) is 1. The van der Waals surface area contributed by atoms with Crippen LogP contribution in [0.3, 0.4) is 0 Å². The Balaban J connectivity index is 1.85. The van der Waals surface area contributed by atoms with E-state index in [-0.39, 0.29) is 12.0 Å². The number of benzene rings is 1. The highest BCUT2D eigenvalue weighted by molar-refractivity contribution is 5.76. The van der Waals surface area contributed by atoms with Gasteiger partial charge in [-0.05, 0) is 63.6 Å². The zero-order valence-corrected chi connectivity index (χ0v) is 17.9. The molecule has 0 saturated carbocycles. The fourth-order valence-electron chi connectivity index (χ4n) is 3.37. The van der Waals surface area contributed by atoms with Crippen molar-refractivity contribution in [2.45, 2.75) is 64.0 Å². The maximum atomic E-state index is 12.2. The van der Waals surface area contributed by atoms with Gasteiger partial charge in [-0.15, -0.1) is 0 Å². The van der Waals surface area contributed by atoms with Crippen LogP contribution >= 0.6 is 0 Å². The van der Waals surface area contributed by atoms with E-state index >= 15 is 0 Å². The van der Waals surface area contributed by atoms with Gasteiger partial charge in [0.2, 0.25) is 5.91 Å². The third-order valence-electron chi connectivity index (χ3n) is 5.01. The second kappa shape index (κ2) is 10.3. The molecular formula is C22H33N3O4. The first-order valence-electron chi connectivity index (χ1n) is 10.2. The Hall–Kier alpha value is -2.57. The number of aldehydes is 1. The number of rotatable bonds is 7. The van der Waals surface area contributed by atoms with Crippen molar-refractivity contribution >= 4 is 24.0 Å². The number of carbonyl (C=O) groups is 3. The van der Waals surface area contributed by atoms with Crippen LogP contribution < -0.4 is 10.6 Å². The summed E-state index contributed by atoms with van der Waals surface area (Å²) in [5.74, 6) is 0.324. The maximum absolute atomic E-state index is 12.2. The molecule has 7 heteroatoms. The topological polar surface area (TPSA) is 87.7 Å². The minimum absolute atomic E-state index is 0.0771. The number of nitrogens with zero attached hydrogens (tertiary/aromatic N) is 1. The van der Waals surface area contributed by atoms with Gasteiger partial charge in [-0.25, -0.2) is 4.79 Å². The van der Waals surface area contributed by atoms with Gasteiger partial charge < -0.3 is 25.1 Å². The van der Waals surface area contributed by atoms with Crippen LogP contribution in [-0.4, -0.2) is 55.0 Å². The fourth-order valence-corrected chi connectivity index (χ4v) is 3.37. The van der Waals surface area contributed by atoms with E-state index in [4.69, 9.17) is 4.74 Å². The number of likely N-dealkylation sites (tertiary alicyclic amines) is 1. The predicted octanol–water partition coefficient (Wildman–Crippen LogP) is 3.31. The monoisotopic (exact) mass is 403 g/mol. The van der Waals surface area contributed by atoms with Crippen molar-refractivity contribution in [3.63, 3.8) is 0 Å². The first-order valence-corrected chi connectivity index (χ1v) is 10.2. The van der Waals surface area contributed by atoms with Crippen LogP contribution in [0.1, 0.15) is 57.9 Å². The molecule has 1 atom stereocenters. The molecule has 2 rings (SSSR count). The Morgan fingerprint density at radius 1 is 1.21 bits per heavy atom. The molecule has 0 aliphatic carbocycles. The van der Waals surface area contributed by atoms with Crippen molar-refractivity contribution in [3.05, 3.63) is 29.8 Å². The highest BCUT2D eigenvalue weighted by atomic mass is 16.6. The lowest BCUT2D eigenvalue weighted by Crippen LogP contribution is -2.41. The number of anilines is 1. The molecule has 2 amide bonds. The van der Waals surface area contributed by atoms with Crippen molar-refractivity contribution in [1.29, 1.82) is 0 Å². The number of piperidine rings is 1. The molecule has 1 aromatic rings. The minimum atomic E-state index is -0.476. The highest BCUT2D eigenvalue weighted by Crippen LogP contribution is 2.29. The lowest BCUT2D eigenvalue weighted by molar-refractivity contribution is -0.120. The Morgan fingerprint density at radius 3 is 2.34 bits per heavy atom. The van der Waals surface area contributed by atoms with E-state index in [1.165, 1.54) is 5.56 Å². The molecular weight excluding hydrogens is 370 g/mol. The number of nitrogens with one attached hydrogen (secondary N) is 2. The molecule has 0 bridgehead atoms. The zero-order valence-electron chi connectivity index (χ0n) is 17.9. The van der Waals surface area contributed by atoms with Gasteiger partial charge in [0, 0.05) is 32.2 Å². The third-order valence-corrected chi connectivity index (χ3v) is 5.01. The summed E-state index contributed by atoms with van der Waals surface area (Å²) in [6.07, 6.45) is 3.15. The molecule has 1 aromatic carbocycles. The number of amides is 2. The van der Waals surface area contributed by atoms with Crippen molar-refractivity contribution in [2.24, 2.45) is 0 Å². The number of hydrogen-bond donors (Lipinski definition) is 2. The fraction of sp³-hybridized carbons (Fsp3) is 0.591. The maximum Gasteiger partial charge on any atom is 0.410 e. The first-order chi connectivity index (χ1) is 13.7. The van der Waals surface area contributed by atoms with E-state index < -0.39 is 11.6 Å². The summed E-state index contributed by atoms with van der Waals surface area (Å²) in [5, 5.41) is 5.72. The van der Waals surface area contributed by atoms with Crippen LogP contribution in [-0.2, 0) is 14.3 Å². The molecule has 7 nitrogen and oxygen atoms in total. The predicted molar refractivity (Wildman–Crippen MR) is 113 cm³/mol. The van der Waals surface area contributed by atoms with Gasteiger partial charge in [0.05, 0.1) is 6.04 Å². The molecule has 2 N–H and O–H groups in total. The average Bonchev–Trinajstić information content (AvgIpc) is 2.70. The molecule has 0 aromatic heterocycles. The van der Waals surface area contributed by atoms with Gasteiger partial charge in [0.1, 0.15) is 11.9 Å². The molecule has 0 spiro atoms. The molecule has 1 fully saturated rings. The van der Waals surface area contributed by atoms with Crippen molar-refractivity contribution in [2.75, 3.05) is 25.5 Å². The quantitative estimate of drug-likeness (QED) is 0.682. The largest absolute Gasteiger partial charge is 0.444 e. The van der Waals surface area contributed by atoms with E-state index in [1.807, 2.05) is 32.9 Å². The van der Waals surface area contributed by atoms with Gasteiger partial charge in [0.15, 0.2) is 0 Å². The zero-order chi connectivity index (χ0) is 21.4. The normalized spacial score (nSPS) is 16.1. The van der Waals surface area contributed by atoms with E-state index in [2.05, 4.69) is 22.8 Å². The van der Waals surface area contributed by atoms with E-state index in [9.17, 15) is 14.4 Å². The Labute approximate surface area is 173 Å². The van der Waals surface area contributed by atoms with Gasteiger partial charge in [0.25, 0.3) is 0 Å². The second-order valence-electron chi connectivity index (χ2n) is 8.46. The summed E-state index contributed by atoms with van der Waals surface area (Å²) in [6, 6.07) is 7.67. The molecule has 1 unspecified atom stereocenters. The summed E-state index contributed by atoms with van der Waals surface area (Å²) in [5.41, 5.74) is 1.61. The molecule has 1 saturated heterocycles. The van der Waals surface area contributed by atoms with Crippen LogP contribution in [0.25, 0.3) is 0 Å². The summed E-state index contributed by atoms with van der Waals surface area (Å²) in [4.78, 5) is 36.6. The number of hydrogen-bond acceptors (Lipinski definition) is 5. The minimum Gasteiger partial charge on any atom is -0.444 e. The standard InChI is InChI=1S/C22H33N3O4/c1-22(2,3)29-21(28)25-13-11-17(12-14-25)16-5-7-18(8-6-16)24-19(15-26)9-10-20(27)23-4/h5-8,15,17,19,24H,9-14H2,1-4H3,(H,23,27). The SMILES string of the molecule is CNC(=O)CCC(C=O)Nc1ccc(C2CCN(C(=O)OC(C)(C)C)CC2)cc1. The summed E-state index contributed by atoms with van der Waals surface area (Å²) in [6.45, 7) is 7.00. The van der Waals surface area contributed by atoms with Gasteiger partial charge in [-0.1, -0.05) is 12.1 Å². The summed E-state index contributed by atoms with van der Waals surface area (Å²) in [7, 11) is 1.59.